The number of thioether (sulfide) groups is 1. The zero-order valence-corrected chi connectivity index (χ0v) is 14.0. The maximum absolute atomic E-state index is 11.8. The lowest BCUT2D eigenvalue weighted by atomic mass is 10.1. The maximum atomic E-state index is 11.8. The van der Waals surface area contributed by atoms with Crippen LogP contribution >= 0.6 is 11.8 Å². The number of carboxylic acid groups (broad SMARTS) is 1. The second-order valence-electron chi connectivity index (χ2n) is 5.75. The van der Waals surface area contributed by atoms with E-state index >= 15 is 0 Å². The van der Waals surface area contributed by atoms with Crippen LogP contribution in [0.3, 0.4) is 0 Å². The first kappa shape index (κ1) is 19.6. The van der Waals surface area contributed by atoms with E-state index in [-0.39, 0.29) is 5.91 Å². The van der Waals surface area contributed by atoms with Crippen LogP contribution in [-0.2, 0) is 9.59 Å². The van der Waals surface area contributed by atoms with E-state index in [1.165, 1.54) is 11.8 Å². The lowest BCUT2D eigenvalue weighted by molar-refractivity contribution is -0.139. The minimum atomic E-state index is -1.09. The van der Waals surface area contributed by atoms with E-state index in [0.717, 1.165) is 0 Å². The van der Waals surface area contributed by atoms with Crippen LogP contribution in [-0.4, -0.2) is 52.6 Å². The fourth-order valence-corrected chi connectivity index (χ4v) is 1.90. The molecule has 0 spiro atoms. The summed E-state index contributed by atoms with van der Waals surface area (Å²) in [5, 5.41) is 16.5. The van der Waals surface area contributed by atoms with Gasteiger partial charge >= 0.3 is 12.0 Å². The molecule has 0 aromatic rings. The summed E-state index contributed by atoms with van der Waals surface area (Å²) in [4.78, 5) is 34.6. The van der Waals surface area contributed by atoms with Gasteiger partial charge < -0.3 is 21.1 Å². The molecule has 0 saturated heterocycles. The number of urea groups is 1. The predicted molar refractivity (Wildman–Crippen MR) is 83.4 cm³/mol. The SMILES string of the molecule is CSCC[C@@H](NC(=O)NC(C)C(=O)NC(C)(C)C)C(=O)O. The largest absolute Gasteiger partial charge is 0.480 e. The molecule has 122 valence electrons. The zero-order chi connectivity index (χ0) is 16.6. The van der Waals surface area contributed by atoms with E-state index in [0.29, 0.717) is 12.2 Å². The topological polar surface area (TPSA) is 108 Å². The molecule has 4 N–H and O–H groups in total. The van der Waals surface area contributed by atoms with Crippen LogP contribution in [0, 0.1) is 0 Å². The van der Waals surface area contributed by atoms with Gasteiger partial charge in [-0.1, -0.05) is 0 Å². The van der Waals surface area contributed by atoms with Crippen LogP contribution in [0.4, 0.5) is 4.79 Å². The standard InChI is InChI=1S/C13H25N3O4S/c1-8(10(17)16-13(2,3)4)14-12(20)15-9(11(18)19)6-7-21-5/h8-9H,6-7H2,1-5H3,(H,16,17)(H,18,19)(H2,14,15,20)/t8?,9-/m1/s1. The summed E-state index contributed by atoms with van der Waals surface area (Å²) in [6, 6.07) is -2.38. The second-order valence-corrected chi connectivity index (χ2v) is 6.74. The van der Waals surface area contributed by atoms with Gasteiger partial charge in [-0.05, 0) is 46.1 Å². The summed E-state index contributed by atoms with van der Waals surface area (Å²) in [6.45, 7) is 7.04. The molecule has 3 amide bonds. The van der Waals surface area contributed by atoms with Crippen molar-refractivity contribution in [3.05, 3.63) is 0 Å². The maximum Gasteiger partial charge on any atom is 0.326 e. The number of nitrogens with one attached hydrogen (secondary N) is 3. The molecule has 0 aliphatic heterocycles. The molecule has 21 heavy (non-hydrogen) atoms. The van der Waals surface area contributed by atoms with E-state index in [1.807, 2.05) is 27.0 Å². The van der Waals surface area contributed by atoms with Crippen LogP contribution in [0.15, 0.2) is 0 Å². The number of carbonyl (C=O) groups excluding carboxylic acids is 2. The summed E-state index contributed by atoms with van der Waals surface area (Å²) < 4.78 is 0. The zero-order valence-electron chi connectivity index (χ0n) is 13.1. The highest BCUT2D eigenvalue weighted by atomic mass is 32.2. The Labute approximate surface area is 129 Å². The van der Waals surface area contributed by atoms with Crippen molar-refractivity contribution in [3.8, 4) is 0 Å². The number of hydrogen-bond donors (Lipinski definition) is 4. The molecular weight excluding hydrogens is 294 g/mol. The Bertz CT molecular complexity index is 382. The Hall–Kier alpha value is -1.44. The summed E-state index contributed by atoms with van der Waals surface area (Å²) in [7, 11) is 0. The van der Waals surface area contributed by atoms with E-state index in [1.54, 1.807) is 6.92 Å². The van der Waals surface area contributed by atoms with Crippen molar-refractivity contribution in [1.29, 1.82) is 0 Å². The Balaban J connectivity index is 4.39. The molecule has 0 heterocycles. The van der Waals surface area contributed by atoms with Gasteiger partial charge in [-0.2, -0.15) is 11.8 Å². The Morgan fingerprint density at radius 1 is 1.19 bits per heavy atom. The molecule has 0 bridgehead atoms. The molecule has 0 radical (unpaired) electrons. The van der Waals surface area contributed by atoms with Crippen molar-refractivity contribution in [1.82, 2.24) is 16.0 Å². The molecule has 0 aliphatic rings. The average molecular weight is 319 g/mol. The van der Waals surface area contributed by atoms with Gasteiger partial charge in [-0.25, -0.2) is 9.59 Å². The Morgan fingerprint density at radius 3 is 2.19 bits per heavy atom. The fourth-order valence-electron chi connectivity index (χ4n) is 1.43. The first-order chi connectivity index (χ1) is 9.56. The molecule has 0 fully saturated rings. The summed E-state index contributed by atoms with van der Waals surface area (Å²) in [6.07, 6.45) is 2.18. The number of rotatable bonds is 7. The second kappa shape index (κ2) is 8.76. The summed E-state index contributed by atoms with van der Waals surface area (Å²) >= 11 is 1.50. The third-order valence-corrected chi connectivity index (χ3v) is 3.10. The molecule has 1 unspecified atom stereocenters. The van der Waals surface area contributed by atoms with Gasteiger partial charge in [0.05, 0.1) is 0 Å². The highest BCUT2D eigenvalue weighted by Gasteiger charge is 2.23. The van der Waals surface area contributed by atoms with Crippen LogP contribution < -0.4 is 16.0 Å². The number of hydrogen-bond acceptors (Lipinski definition) is 4. The van der Waals surface area contributed by atoms with Gasteiger partial charge in [0, 0.05) is 5.54 Å². The third-order valence-electron chi connectivity index (χ3n) is 2.45. The fraction of sp³-hybridized carbons (Fsp3) is 0.769. The van der Waals surface area contributed by atoms with E-state index in [2.05, 4.69) is 16.0 Å². The molecule has 8 heteroatoms. The van der Waals surface area contributed by atoms with E-state index in [4.69, 9.17) is 5.11 Å². The Kier molecular flexibility index (Phi) is 8.16. The van der Waals surface area contributed by atoms with E-state index in [9.17, 15) is 14.4 Å². The average Bonchev–Trinajstić information content (AvgIpc) is 2.31. The molecule has 0 aliphatic carbocycles. The summed E-state index contributed by atoms with van der Waals surface area (Å²) in [5.41, 5.74) is -0.397. The molecule has 2 atom stereocenters. The minimum Gasteiger partial charge on any atom is -0.480 e. The smallest absolute Gasteiger partial charge is 0.326 e. The quantitative estimate of drug-likeness (QED) is 0.555. The molecule has 0 rings (SSSR count). The van der Waals surface area contributed by atoms with Crippen LogP contribution in [0.5, 0.6) is 0 Å². The lowest BCUT2D eigenvalue weighted by Crippen LogP contribution is -2.54. The predicted octanol–water partition coefficient (Wildman–Crippen LogP) is 0.795. The first-order valence-corrected chi connectivity index (χ1v) is 8.07. The molecular formula is C13H25N3O4S. The van der Waals surface area contributed by atoms with E-state index < -0.39 is 29.6 Å². The minimum absolute atomic E-state index is 0.325. The number of carboxylic acids is 1. The molecule has 0 saturated carbocycles. The van der Waals surface area contributed by atoms with Gasteiger partial charge in [0.25, 0.3) is 0 Å². The molecule has 7 nitrogen and oxygen atoms in total. The van der Waals surface area contributed by atoms with Crippen LogP contribution in [0.25, 0.3) is 0 Å². The monoisotopic (exact) mass is 319 g/mol. The Morgan fingerprint density at radius 2 is 1.76 bits per heavy atom. The highest BCUT2D eigenvalue weighted by Crippen LogP contribution is 2.02. The third kappa shape index (κ3) is 9.17. The van der Waals surface area contributed by atoms with Gasteiger partial charge in [-0.3, -0.25) is 4.79 Å². The number of aliphatic carboxylic acids is 1. The lowest BCUT2D eigenvalue weighted by Gasteiger charge is -2.24. The van der Waals surface area contributed by atoms with Crippen molar-refractivity contribution >= 4 is 29.7 Å². The van der Waals surface area contributed by atoms with Crippen molar-refractivity contribution in [2.24, 2.45) is 0 Å². The van der Waals surface area contributed by atoms with Gasteiger partial charge in [0.2, 0.25) is 5.91 Å². The highest BCUT2D eigenvalue weighted by molar-refractivity contribution is 7.98. The van der Waals surface area contributed by atoms with Gasteiger partial charge in [0.15, 0.2) is 0 Å². The summed E-state index contributed by atoms with van der Waals surface area (Å²) in [5.74, 6) is -0.795. The number of amides is 3. The van der Waals surface area contributed by atoms with Crippen molar-refractivity contribution in [2.45, 2.75) is 51.7 Å². The van der Waals surface area contributed by atoms with Gasteiger partial charge in [0.1, 0.15) is 12.1 Å². The van der Waals surface area contributed by atoms with Crippen molar-refractivity contribution < 1.29 is 19.5 Å². The first-order valence-electron chi connectivity index (χ1n) is 6.67. The normalized spacial score (nSPS) is 14.0. The molecule has 0 aromatic heterocycles. The van der Waals surface area contributed by atoms with Crippen LogP contribution in [0.2, 0.25) is 0 Å². The van der Waals surface area contributed by atoms with Gasteiger partial charge in [-0.15, -0.1) is 0 Å². The van der Waals surface area contributed by atoms with Crippen molar-refractivity contribution in [2.75, 3.05) is 12.0 Å². The van der Waals surface area contributed by atoms with Crippen molar-refractivity contribution in [3.63, 3.8) is 0 Å². The number of carbonyl (C=O) groups is 3. The molecule has 0 aromatic carbocycles. The van der Waals surface area contributed by atoms with Crippen LogP contribution in [0.1, 0.15) is 34.1 Å².